The smallest absolute Gasteiger partial charge is 0.338 e. The van der Waals surface area contributed by atoms with Crippen LogP contribution in [0.3, 0.4) is 0 Å². The third-order valence-corrected chi connectivity index (χ3v) is 5.81. The molecule has 0 aliphatic heterocycles. The van der Waals surface area contributed by atoms with Crippen molar-refractivity contribution in [2.24, 2.45) is 5.92 Å². The monoisotopic (exact) mass is 410 g/mol. The Bertz CT molecular complexity index is 787. The Labute approximate surface area is 180 Å². The summed E-state index contributed by atoms with van der Waals surface area (Å²) < 4.78 is 12.1. The maximum absolute atomic E-state index is 12.9. The molecular formula is C26H34O4. The van der Waals surface area contributed by atoms with Crippen LogP contribution in [0.4, 0.5) is 0 Å². The summed E-state index contributed by atoms with van der Waals surface area (Å²) in [6, 6.07) is 18.1. The Morgan fingerprint density at radius 3 is 1.83 bits per heavy atom. The predicted octanol–water partition coefficient (Wildman–Crippen LogP) is 6.45. The Balaban J connectivity index is 2.27. The lowest BCUT2D eigenvalue weighted by atomic mass is 9.77. The summed E-state index contributed by atoms with van der Waals surface area (Å²) in [5.74, 6) is -0.804. The third-order valence-electron chi connectivity index (χ3n) is 5.81. The molecular weight excluding hydrogens is 376 g/mol. The molecule has 2 aromatic carbocycles. The van der Waals surface area contributed by atoms with Gasteiger partial charge in [-0.3, -0.25) is 0 Å². The Kier molecular flexibility index (Phi) is 9.10. The molecule has 2 rings (SSSR count). The van der Waals surface area contributed by atoms with Gasteiger partial charge in [0, 0.05) is 5.92 Å². The Morgan fingerprint density at radius 1 is 0.833 bits per heavy atom. The van der Waals surface area contributed by atoms with Crippen LogP contribution >= 0.6 is 0 Å². The van der Waals surface area contributed by atoms with Crippen molar-refractivity contribution in [2.75, 3.05) is 0 Å². The second kappa shape index (κ2) is 11.5. The summed E-state index contributed by atoms with van der Waals surface area (Å²) in [6.07, 6.45) is 3.49. The van der Waals surface area contributed by atoms with Crippen molar-refractivity contribution < 1.29 is 19.1 Å². The van der Waals surface area contributed by atoms with Crippen LogP contribution in [0.5, 0.6) is 0 Å². The van der Waals surface area contributed by atoms with Crippen LogP contribution in [-0.2, 0) is 9.47 Å². The zero-order valence-electron chi connectivity index (χ0n) is 18.6. The first-order chi connectivity index (χ1) is 14.5. The molecule has 30 heavy (non-hydrogen) atoms. The van der Waals surface area contributed by atoms with Crippen LogP contribution in [0, 0.1) is 5.92 Å². The van der Waals surface area contributed by atoms with Crippen molar-refractivity contribution in [3.63, 3.8) is 0 Å². The molecule has 0 fully saturated rings. The van der Waals surface area contributed by atoms with Gasteiger partial charge in [0.25, 0.3) is 0 Å². The van der Waals surface area contributed by atoms with Crippen LogP contribution in [0.1, 0.15) is 80.5 Å². The molecule has 0 spiro atoms. The quantitative estimate of drug-likeness (QED) is 0.399. The summed E-state index contributed by atoms with van der Waals surface area (Å²) in [7, 11) is 0. The number of ether oxygens (including phenoxy) is 2. The molecule has 0 amide bonds. The van der Waals surface area contributed by atoms with E-state index in [0.29, 0.717) is 30.4 Å². The first-order valence-electron chi connectivity index (χ1n) is 11.0. The summed E-state index contributed by atoms with van der Waals surface area (Å²) in [5, 5.41) is 0. The maximum Gasteiger partial charge on any atom is 0.338 e. The van der Waals surface area contributed by atoms with E-state index in [1.165, 1.54) is 0 Å². The summed E-state index contributed by atoms with van der Waals surface area (Å²) in [5.41, 5.74) is 0.370. The third kappa shape index (κ3) is 5.94. The maximum atomic E-state index is 12.9. The van der Waals surface area contributed by atoms with E-state index >= 15 is 0 Å². The van der Waals surface area contributed by atoms with E-state index in [0.717, 1.165) is 12.8 Å². The van der Waals surface area contributed by atoms with Gasteiger partial charge in [-0.1, -0.05) is 76.9 Å². The van der Waals surface area contributed by atoms with Gasteiger partial charge in [0.15, 0.2) is 0 Å². The Morgan fingerprint density at radius 2 is 1.37 bits per heavy atom. The predicted molar refractivity (Wildman–Crippen MR) is 120 cm³/mol. The van der Waals surface area contributed by atoms with Crippen LogP contribution < -0.4 is 0 Å². The van der Waals surface area contributed by atoms with Gasteiger partial charge in [-0.25, -0.2) is 9.59 Å². The van der Waals surface area contributed by atoms with Crippen LogP contribution in [-0.4, -0.2) is 23.6 Å². The number of carbonyl (C=O) groups excluding carboxylic acids is 2. The zero-order valence-corrected chi connectivity index (χ0v) is 18.6. The largest absolute Gasteiger partial charge is 0.458 e. The van der Waals surface area contributed by atoms with E-state index in [2.05, 4.69) is 13.8 Å². The minimum absolute atomic E-state index is 0.136. The summed E-state index contributed by atoms with van der Waals surface area (Å²) in [6.45, 7) is 8.22. The highest BCUT2D eigenvalue weighted by Crippen LogP contribution is 2.37. The van der Waals surface area contributed by atoms with Gasteiger partial charge in [-0.2, -0.15) is 0 Å². The molecule has 0 N–H and O–H groups in total. The fraction of sp³-hybridized carbons (Fsp3) is 0.462. The number of carbonyl (C=O) groups is 2. The highest BCUT2D eigenvalue weighted by Gasteiger charge is 2.43. The van der Waals surface area contributed by atoms with E-state index in [1.54, 1.807) is 24.3 Å². The van der Waals surface area contributed by atoms with Crippen molar-refractivity contribution in [2.45, 2.75) is 71.5 Å². The second-order valence-electron chi connectivity index (χ2n) is 7.81. The standard InChI is InChI=1S/C26H34O4/c1-5-14-23(29-24(27)21-15-10-8-11-16-21)20(4)26(7-3,19-6-2)30-25(28)22-17-12-9-13-18-22/h8-13,15-18,20,23H,5-7,14,19H2,1-4H3. The van der Waals surface area contributed by atoms with Gasteiger partial charge in [0.1, 0.15) is 11.7 Å². The topological polar surface area (TPSA) is 52.6 Å². The van der Waals surface area contributed by atoms with Crippen molar-refractivity contribution >= 4 is 11.9 Å². The van der Waals surface area contributed by atoms with Gasteiger partial charge in [-0.05, 0) is 43.5 Å². The molecule has 0 aliphatic carbocycles. The van der Waals surface area contributed by atoms with Crippen molar-refractivity contribution in [1.29, 1.82) is 0 Å². The summed E-state index contributed by atoms with van der Waals surface area (Å²) in [4.78, 5) is 25.6. The molecule has 2 aromatic rings. The molecule has 0 bridgehead atoms. The normalized spacial score (nSPS) is 14.9. The first-order valence-corrected chi connectivity index (χ1v) is 11.0. The van der Waals surface area contributed by atoms with Gasteiger partial charge < -0.3 is 9.47 Å². The van der Waals surface area contributed by atoms with E-state index in [9.17, 15) is 9.59 Å². The average molecular weight is 411 g/mol. The Hall–Kier alpha value is -2.62. The lowest BCUT2D eigenvalue weighted by Gasteiger charge is -2.41. The fourth-order valence-electron chi connectivity index (χ4n) is 4.00. The van der Waals surface area contributed by atoms with E-state index < -0.39 is 5.60 Å². The molecule has 4 heteroatoms. The number of rotatable bonds is 11. The van der Waals surface area contributed by atoms with Crippen LogP contribution in [0.15, 0.2) is 60.7 Å². The van der Waals surface area contributed by atoms with Gasteiger partial charge in [-0.15, -0.1) is 0 Å². The van der Waals surface area contributed by atoms with Crippen molar-refractivity contribution in [3.8, 4) is 0 Å². The van der Waals surface area contributed by atoms with Crippen molar-refractivity contribution in [3.05, 3.63) is 71.8 Å². The second-order valence-corrected chi connectivity index (χ2v) is 7.81. The van der Waals surface area contributed by atoms with Crippen LogP contribution in [0.2, 0.25) is 0 Å². The number of hydrogen-bond acceptors (Lipinski definition) is 4. The van der Waals surface area contributed by atoms with Crippen LogP contribution in [0.25, 0.3) is 0 Å². The molecule has 0 saturated heterocycles. The fourth-order valence-corrected chi connectivity index (χ4v) is 4.00. The first kappa shape index (κ1) is 23.7. The molecule has 162 valence electrons. The highest BCUT2D eigenvalue weighted by atomic mass is 16.6. The molecule has 3 atom stereocenters. The van der Waals surface area contributed by atoms with E-state index in [4.69, 9.17) is 9.47 Å². The molecule has 0 aromatic heterocycles. The molecule has 0 radical (unpaired) electrons. The van der Waals surface area contributed by atoms with Gasteiger partial charge in [0.05, 0.1) is 11.1 Å². The SMILES string of the molecule is CCCC(OC(=O)c1ccccc1)C(C)C(CC)(CCC)OC(=O)c1ccccc1. The highest BCUT2D eigenvalue weighted by molar-refractivity contribution is 5.90. The minimum atomic E-state index is -0.696. The lowest BCUT2D eigenvalue weighted by Crippen LogP contribution is -2.47. The molecule has 0 saturated carbocycles. The van der Waals surface area contributed by atoms with Gasteiger partial charge in [0.2, 0.25) is 0 Å². The molecule has 0 aliphatic rings. The molecule has 3 unspecified atom stereocenters. The van der Waals surface area contributed by atoms with E-state index in [1.807, 2.05) is 50.2 Å². The molecule has 4 nitrogen and oxygen atoms in total. The zero-order chi connectivity index (χ0) is 22.0. The van der Waals surface area contributed by atoms with E-state index in [-0.39, 0.29) is 24.0 Å². The molecule has 0 heterocycles. The van der Waals surface area contributed by atoms with Gasteiger partial charge >= 0.3 is 11.9 Å². The number of benzene rings is 2. The number of esters is 2. The lowest BCUT2D eigenvalue weighted by molar-refractivity contribution is -0.0937. The number of hydrogen-bond donors (Lipinski definition) is 0. The average Bonchev–Trinajstić information content (AvgIpc) is 2.79. The van der Waals surface area contributed by atoms with Crippen molar-refractivity contribution in [1.82, 2.24) is 0 Å². The summed E-state index contributed by atoms with van der Waals surface area (Å²) >= 11 is 0. The minimum Gasteiger partial charge on any atom is -0.458 e.